The third-order valence-corrected chi connectivity index (χ3v) is 13.0. The number of rotatable bonds is 48. The van der Waals surface area contributed by atoms with E-state index in [4.69, 9.17) is 23.7 Å². The second-order valence-electron chi connectivity index (χ2n) is 19.6. The quantitative estimate of drug-likeness (QED) is 0.0228. The van der Waals surface area contributed by atoms with Crippen LogP contribution in [0.5, 0.6) is 0 Å². The summed E-state index contributed by atoms with van der Waals surface area (Å²) in [5.41, 5.74) is 0. The first-order valence-corrected chi connectivity index (χ1v) is 28.3. The van der Waals surface area contributed by atoms with Crippen molar-refractivity contribution in [3.63, 3.8) is 0 Å². The Bertz CT molecular complexity index is 1300. The summed E-state index contributed by atoms with van der Waals surface area (Å²) in [6.07, 6.45) is 38.8. The summed E-state index contributed by atoms with van der Waals surface area (Å²) in [5, 5.41) is 31.3. The normalized spacial score (nSPS) is 18.8. The third kappa shape index (κ3) is 36.7. The Balaban J connectivity index is 2.68. The lowest BCUT2D eigenvalue weighted by Gasteiger charge is -2.40. The van der Waals surface area contributed by atoms with E-state index >= 15 is 0 Å². The van der Waals surface area contributed by atoms with Crippen LogP contribution in [-0.4, -0.2) is 89.2 Å². The Hall–Kier alpha value is -2.80. The maximum atomic E-state index is 13.1. The van der Waals surface area contributed by atoms with E-state index < -0.39 is 67.3 Å². The number of esters is 3. The van der Waals surface area contributed by atoms with E-state index in [1.54, 1.807) is 0 Å². The SMILES string of the molecule is CCCCC/C=C\C/C=C\CCCCCCCCCC(=O)OCC(COC1OC(C(=O)O)C(O)C(O)C1OC(=O)CCCCCCCCCCC)OC(=O)CCCCCCCCCCCCCCC. The molecule has 3 N–H and O–H groups in total. The van der Waals surface area contributed by atoms with Crippen molar-refractivity contribution in [2.45, 2.75) is 302 Å². The molecule has 0 radical (unpaired) electrons. The average Bonchev–Trinajstić information content (AvgIpc) is 3.33. The van der Waals surface area contributed by atoms with Gasteiger partial charge < -0.3 is 39.0 Å². The molecule has 69 heavy (non-hydrogen) atoms. The molecule has 0 aliphatic carbocycles. The van der Waals surface area contributed by atoms with E-state index in [-0.39, 0.29) is 25.9 Å². The predicted octanol–water partition coefficient (Wildman–Crippen LogP) is 13.9. The number of allylic oxidation sites excluding steroid dienone is 4. The zero-order valence-corrected chi connectivity index (χ0v) is 44.1. The van der Waals surface area contributed by atoms with Gasteiger partial charge in [-0.1, -0.05) is 218 Å². The monoisotopic (exact) mass is 979 g/mol. The molecule has 0 aromatic heterocycles. The summed E-state index contributed by atoms with van der Waals surface area (Å²) < 4.78 is 28.3. The molecule has 1 heterocycles. The van der Waals surface area contributed by atoms with Crippen LogP contribution in [0.15, 0.2) is 24.3 Å². The molecule has 0 aromatic rings. The van der Waals surface area contributed by atoms with Crippen LogP contribution in [0, 0.1) is 0 Å². The highest BCUT2D eigenvalue weighted by Gasteiger charge is 2.50. The van der Waals surface area contributed by atoms with E-state index in [0.717, 1.165) is 83.5 Å². The third-order valence-electron chi connectivity index (χ3n) is 13.0. The van der Waals surface area contributed by atoms with Gasteiger partial charge in [-0.05, 0) is 51.4 Å². The predicted molar refractivity (Wildman–Crippen MR) is 276 cm³/mol. The Kier molecular flexibility index (Phi) is 43.1. The van der Waals surface area contributed by atoms with Crippen LogP contribution in [0.1, 0.15) is 265 Å². The van der Waals surface area contributed by atoms with E-state index in [9.17, 15) is 34.5 Å². The van der Waals surface area contributed by atoms with Crippen molar-refractivity contribution in [3.05, 3.63) is 24.3 Å². The fourth-order valence-corrected chi connectivity index (χ4v) is 8.63. The first kappa shape index (κ1) is 64.2. The Morgan fingerprint density at radius 2 is 0.870 bits per heavy atom. The van der Waals surface area contributed by atoms with E-state index in [1.807, 2.05) is 0 Å². The lowest BCUT2D eigenvalue weighted by molar-refractivity contribution is -0.301. The van der Waals surface area contributed by atoms with Gasteiger partial charge in [-0.2, -0.15) is 0 Å². The molecule has 12 heteroatoms. The van der Waals surface area contributed by atoms with Gasteiger partial charge in [-0.3, -0.25) is 14.4 Å². The van der Waals surface area contributed by atoms with E-state index in [1.165, 1.54) is 122 Å². The summed E-state index contributed by atoms with van der Waals surface area (Å²) in [6.45, 7) is 5.94. The Morgan fingerprint density at radius 3 is 1.33 bits per heavy atom. The van der Waals surface area contributed by atoms with Crippen molar-refractivity contribution in [1.29, 1.82) is 0 Å². The van der Waals surface area contributed by atoms with Crippen molar-refractivity contribution in [2.24, 2.45) is 0 Å². The molecule has 0 bridgehead atoms. The number of aliphatic carboxylic acids is 1. The van der Waals surface area contributed by atoms with Gasteiger partial charge in [0.2, 0.25) is 0 Å². The molecule has 1 aliphatic heterocycles. The number of hydrogen-bond donors (Lipinski definition) is 3. The topological polar surface area (TPSA) is 175 Å². The maximum Gasteiger partial charge on any atom is 0.335 e. The van der Waals surface area contributed by atoms with Crippen LogP contribution in [0.25, 0.3) is 0 Å². The van der Waals surface area contributed by atoms with Crippen molar-refractivity contribution in [2.75, 3.05) is 13.2 Å². The fraction of sp³-hybridized carbons (Fsp3) is 0.860. The van der Waals surface area contributed by atoms with Crippen molar-refractivity contribution in [3.8, 4) is 0 Å². The van der Waals surface area contributed by atoms with Crippen LogP contribution in [-0.2, 0) is 42.9 Å². The molecule has 0 amide bonds. The molecule has 1 saturated heterocycles. The van der Waals surface area contributed by atoms with Gasteiger partial charge in [0, 0.05) is 19.3 Å². The number of hydrogen-bond acceptors (Lipinski definition) is 11. The number of ether oxygens (including phenoxy) is 5. The lowest BCUT2D eigenvalue weighted by Crippen LogP contribution is -2.61. The summed E-state index contributed by atoms with van der Waals surface area (Å²) >= 11 is 0. The molecule has 1 aliphatic rings. The van der Waals surface area contributed by atoms with Gasteiger partial charge in [0.25, 0.3) is 0 Å². The van der Waals surface area contributed by atoms with E-state index in [0.29, 0.717) is 19.3 Å². The van der Waals surface area contributed by atoms with Gasteiger partial charge in [0.05, 0.1) is 6.61 Å². The second kappa shape index (κ2) is 46.3. The summed E-state index contributed by atoms with van der Waals surface area (Å²) in [6, 6.07) is 0. The Morgan fingerprint density at radius 1 is 0.478 bits per heavy atom. The molecule has 0 aromatic carbocycles. The molecule has 0 saturated carbocycles. The van der Waals surface area contributed by atoms with Crippen molar-refractivity contribution in [1.82, 2.24) is 0 Å². The highest BCUT2D eigenvalue weighted by Crippen LogP contribution is 2.26. The number of carboxylic acid groups (broad SMARTS) is 1. The standard InChI is InChI=1S/C57H102O12/c1-4-7-10-13-16-19-21-23-24-25-26-28-29-32-34-37-40-43-49(58)65-46-48(67-50(59)44-41-38-36-33-30-27-22-20-17-14-11-8-5-2)47-66-57-55(53(62)52(61)54(69-57)56(63)64)68-51(60)45-42-39-35-31-18-15-12-9-6-3/h16,19,23-24,48,52-55,57,61-62H,4-15,17-18,20-22,25-47H2,1-3H3,(H,63,64)/b19-16-,24-23-. The first-order chi connectivity index (χ1) is 33.6. The Labute approximate surface area is 419 Å². The molecular weight excluding hydrogens is 877 g/mol. The largest absolute Gasteiger partial charge is 0.479 e. The van der Waals surface area contributed by atoms with Gasteiger partial charge in [0.1, 0.15) is 18.8 Å². The fourth-order valence-electron chi connectivity index (χ4n) is 8.63. The second-order valence-corrected chi connectivity index (χ2v) is 19.6. The van der Waals surface area contributed by atoms with Crippen LogP contribution in [0.4, 0.5) is 0 Å². The molecule has 12 nitrogen and oxygen atoms in total. The number of carboxylic acids is 1. The molecular formula is C57H102O12. The number of carbonyl (C=O) groups excluding carboxylic acids is 3. The van der Waals surface area contributed by atoms with Crippen LogP contribution in [0.3, 0.4) is 0 Å². The molecule has 6 unspecified atom stereocenters. The summed E-state index contributed by atoms with van der Waals surface area (Å²) in [5.74, 6) is -3.10. The van der Waals surface area contributed by atoms with Gasteiger partial charge in [0.15, 0.2) is 24.6 Å². The molecule has 1 rings (SSSR count). The number of carbonyl (C=O) groups is 4. The zero-order chi connectivity index (χ0) is 50.4. The first-order valence-electron chi connectivity index (χ1n) is 28.3. The minimum Gasteiger partial charge on any atom is -0.479 e. The lowest BCUT2D eigenvalue weighted by atomic mass is 9.98. The van der Waals surface area contributed by atoms with Gasteiger partial charge in [-0.15, -0.1) is 0 Å². The smallest absolute Gasteiger partial charge is 0.335 e. The van der Waals surface area contributed by atoms with Crippen LogP contribution in [0.2, 0.25) is 0 Å². The summed E-state index contributed by atoms with van der Waals surface area (Å²) in [7, 11) is 0. The zero-order valence-electron chi connectivity index (χ0n) is 44.1. The minimum atomic E-state index is -1.90. The highest BCUT2D eigenvalue weighted by atomic mass is 16.7. The van der Waals surface area contributed by atoms with Gasteiger partial charge in [-0.25, -0.2) is 4.79 Å². The average molecular weight is 979 g/mol. The van der Waals surface area contributed by atoms with Crippen LogP contribution >= 0.6 is 0 Å². The molecule has 0 spiro atoms. The molecule has 402 valence electrons. The number of unbranched alkanes of at least 4 members (excludes halogenated alkanes) is 30. The number of aliphatic hydroxyl groups excluding tert-OH is 2. The molecule has 1 fully saturated rings. The van der Waals surface area contributed by atoms with Crippen molar-refractivity contribution >= 4 is 23.9 Å². The molecule has 6 atom stereocenters. The summed E-state index contributed by atoms with van der Waals surface area (Å²) in [4.78, 5) is 50.9. The number of aliphatic hydroxyl groups is 2. The highest BCUT2D eigenvalue weighted by molar-refractivity contribution is 5.74. The van der Waals surface area contributed by atoms with Crippen LogP contribution < -0.4 is 0 Å². The van der Waals surface area contributed by atoms with Crippen molar-refractivity contribution < 1.29 is 58.2 Å². The van der Waals surface area contributed by atoms with E-state index in [2.05, 4.69) is 45.1 Å². The maximum absolute atomic E-state index is 13.1. The van der Waals surface area contributed by atoms with Gasteiger partial charge >= 0.3 is 23.9 Å². The minimum absolute atomic E-state index is 0.0647.